The lowest BCUT2D eigenvalue weighted by atomic mass is 10.1. The van der Waals surface area contributed by atoms with E-state index in [-0.39, 0.29) is 18.4 Å². The Morgan fingerprint density at radius 3 is 2.26 bits per heavy atom. The number of likely N-dealkylation sites (N-methyl/N-ethyl adjacent to an activating group) is 2. The summed E-state index contributed by atoms with van der Waals surface area (Å²) in [6.07, 6.45) is 0. The van der Waals surface area contributed by atoms with Gasteiger partial charge >= 0.3 is 0 Å². The van der Waals surface area contributed by atoms with Gasteiger partial charge in [0, 0.05) is 25.8 Å². The number of nitrogen functional groups attached to an aromatic ring is 1. The van der Waals surface area contributed by atoms with E-state index in [1.165, 1.54) is 4.90 Å². The molecule has 0 unspecified atom stereocenters. The molecular formula is C14H21N3O2. The van der Waals surface area contributed by atoms with Crippen LogP contribution in [0.1, 0.15) is 24.2 Å². The molecule has 0 saturated heterocycles. The number of anilines is 1. The number of hydrogen-bond acceptors (Lipinski definition) is 3. The Kier molecular flexibility index (Phi) is 5.36. The Bertz CT molecular complexity index is 456. The second kappa shape index (κ2) is 6.78. The molecule has 2 amide bonds. The lowest BCUT2D eigenvalue weighted by Gasteiger charge is -2.23. The molecule has 1 aromatic rings. The van der Waals surface area contributed by atoms with Gasteiger partial charge in [0.25, 0.3) is 5.91 Å². The lowest BCUT2D eigenvalue weighted by molar-refractivity contribution is -0.131. The number of nitrogens with two attached hydrogens (primary N) is 1. The number of para-hydroxylation sites is 1. The number of amides is 2. The fourth-order valence-electron chi connectivity index (χ4n) is 1.85. The number of nitrogens with zero attached hydrogens (tertiary/aromatic N) is 2. The molecule has 0 spiro atoms. The molecule has 1 rings (SSSR count). The van der Waals surface area contributed by atoms with Crippen LogP contribution in [0.5, 0.6) is 0 Å². The molecule has 0 radical (unpaired) electrons. The third kappa shape index (κ3) is 3.71. The van der Waals surface area contributed by atoms with Crippen molar-refractivity contribution in [1.82, 2.24) is 9.80 Å². The molecule has 0 fully saturated rings. The number of carbonyl (C=O) groups excluding carboxylic acids is 2. The summed E-state index contributed by atoms with van der Waals surface area (Å²) in [7, 11) is 1.61. The highest BCUT2D eigenvalue weighted by Crippen LogP contribution is 2.12. The van der Waals surface area contributed by atoms with Gasteiger partial charge < -0.3 is 15.5 Å². The van der Waals surface area contributed by atoms with E-state index in [0.29, 0.717) is 24.3 Å². The van der Waals surface area contributed by atoms with Gasteiger partial charge in [0.2, 0.25) is 5.91 Å². The van der Waals surface area contributed by atoms with Gasteiger partial charge in [-0.25, -0.2) is 0 Å². The van der Waals surface area contributed by atoms with Crippen molar-refractivity contribution in [2.45, 2.75) is 13.8 Å². The first-order valence-electron chi connectivity index (χ1n) is 6.39. The van der Waals surface area contributed by atoms with Crippen LogP contribution in [0.25, 0.3) is 0 Å². The molecule has 0 aliphatic heterocycles. The fourth-order valence-corrected chi connectivity index (χ4v) is 1.85. The van der Waals surface area contributed by atoms with Gasteiger partial charge in [-0.3, -0.25) is 9.59 Å². The number of hydrogen-bond donors (Lipinski definition) is 1. The smallest absolute Gasteiger partial charge is 0.256 e. The Hall–Kier alpha value is -2.04. The molecule has 0 aliphatic rings. The monoisotopic (exact) mass is 263 g/mol. The summed E-state index contributed by atoms with van der Waals surface area (Å²) >= 11 is 0. The zero-order chi connectivity index (χ0) is 14.4. The predicted molar refractivity (Wildman–Crippen MR) is 75.7 cm³/mol. The van der Waals surface area contributed by atoms with E-state index in [0.717, 1.165) is 0 Å². The molecule has 2 N–H and O–H groups in total. The molecule has 1 aromatic carbocycles. The maximum absolute atomic E-state index is 12.2. The Morgan fingerprint density at radius 1 is 1.16 bits per heavy atom. The van der Waals surface area contributed by atoms with E-state index in [9.17, 15) is 9.59 Å². The highest BCUT2D eigenvalue weighted by atomic mass is 16.2. The maximum atomic E-state index is 12.2. The second-order valence-electron chi connectivity index (χ2n) is 4.31. The minimum absolute atomic E-state index is 0.0599. The standard InChI is InChI=1S/C14H21N3O2/c1-4-17(5-2)13(18)10-16(3)14(19)11-8-6-7-9-12(11)15/h6-9H,4-5,10,15H2,1-3H3. The van der Waals surface area contributed by atoms with Crippen molar-refractivity contribution in [2.24, 2.45) is 0 Å². The summed E-state index contributed by atoms with van der Waals surface area (Å²) in [4.78, 5) is 27.2. The molecule has 5 nitrogen and oxygen atoms in total. The van der Waals surface area contributed by atoms with Gasteiger partial charge in [0.05, 0.1) is 12.1 Å². The average molecular weight is 263 g/mol. The van der Waals surface area contributed by atoms with Crippen molar-refractivity contribution >= 4 is 17.5 Å². The van der Waals surface area contributed by atoms with Crippen LogP contribution in [0.4, 0.5) is 5.69 Å². The van der Waals surface area contributed by atoms with Crippen LogP contribution in [0.15, 0.2) is 24.3 Å². The normalized spacial score (nSPS) is 10.1. The Morgan fingerprint density at radius 2 is 1.74 bits per heavy atom. The van der Waals surface area contributed by atoms with Crippen molar-refractivity contribution in [3.05, 3.63) is 29.8 Å². The van der Waals surface area contributed by atoms with Gasteiger partial charge in [0.1, 0.15) is 0 Å². The van der Waals surface area contributed by atoms with Crippen LogP contribution >= 0.6 is 0 Å². The summed E-state index contributed by atoms with van der Waals surface area (Å²) < 4.78 is 0. The summed E-state index contributed by atoms with van der Waals surface area (Å²) in [5.41, 5.74) is 6.61. The largest absolute Gasteiger partial charge is 0.398 e. The average Bonchev–Trinajstić information content (AvgIpc) is 2.39. The van der Waals surface area contributed by atoms with Crippen molar-refractivity contribution in [3.8, 4) is 0 Å². The van der Waals surface area contributed by atoms with Crippen LogP contribution in [0.3, 0.4) is 0 Å². The summed E-state index contributed by atoms with van der Waals surface area (Å²) in [6.45, 7) is 5.18. The molecule has 0 heterocycles. The topological polar surface area (TPSA) is 66.6 Å². The highest BCUT2D eigenvalue weighted by Gasteiger charge is 2.18. The maximum Gasteiger partial charge on any atom is 0.256 e. The van der Waals surface area contributed by atoms with E-state index < -0.39 is 0 Å². The first-order chi connectivity index (χ1) is 9.01. The van der Waals surface area contributed by atoms with Crippen LogP contribution in [0, 0.1) is 0 Å². The van der Waals surface area contributed by atoms with E-state index >= 15 is 0 Å². The fraction of sp³-hybridized carbons (Fsp3) is 0.429. The highest BCUT2D eigenvalue weighted by molar-refractivity contribution is 6.00. The summed E-state index contributed by atoms with van der Waals surface area (Å²) in [5, 5.41) is 0. The van der Waals surface area contributed by atoms with Crippen LogP contribution in [0.2, 0.25) is 0 Å². The van der Waals surface area contributed by atoms with E-state index in [1.807, 2.05) is 13.8 Å². The molecule has 0 saturated carbocycles. The van der Waals surface area contributed by atoms with Gasteiger partial charge in [0.15, 0.2) is 0 Å². The second-order valence-corrected chi connectivity index (χ2v) is 4.31. The summed E-state index contributed by atoms with van der Waals surface area (Å²) in [5.74, 6) is -0.297. The molecule has 5 heteroatoms. The third-order valence-electron chi connectivity index (χ3n) is 3.03. The van der Waals surface area contributed by atoms with Crippen molar-refractivity contribution in [1.29, 1.82) is 0 Å². The third-order valence-corrected chi connectivity index (χ3v) is 3.03. The van der Waals surface area contributed by atoms with Crippen molar-refractivity contribution < 1.29 is 9.59 Å². The van der Waals surface area contributed by atoms with Crippen LogP contribution < -0.4 is 5.73 Å². The number of carbonyl (C=O) groups is 2. The first kappa shape index (κ1) is 15.0. The Balaban J connectivity index is 2.74. The molecule has 0 atom stereocenters. The minimum Gasteiger partial charge on any atom is -0.398 e. The van der Waals surface area contributed by atoms with Crippen LogP contribution in [-0.2, 0) is 4.79 Å². The van der Waals surface area contributed by atoms with Gasteiger partial charge in [-0.05, 0) is 26.0 Å². The minimum atomic E-state index is -0.237. The molecule has 0 aromatic heterocycles. The number of benzene rings is 1. The molecular weight excluding hydrogens is 242 g/mol. The van der Waals surface area contributed by atoms with Crippen LogP contribution in [-0.4, -0.2) is 48.3 Å². The Labute approximate surface area is 114 Å². The summed E-state index contributed by atoms with van der Waals surface area (Å²) in [6, 6.07) is 6.86. The van der Waals surface area contributed by atoms with E-state index in [4.69, 9.17) is 5.73 Å². The van der Waals surface area contributed by atoms with Crippen molar-refractivity contribution in [2.75, 3.05) is 32.4 Å². The first-order valence-corrected chi connectivity index (χ1v) is 6.39. The SMILES string of the molecule is CCN(CC)C(=O)CN(C)C(=O)c1ccccc1N. The van der Waals surface area contributed by atoms with Crippen molar-refractivity contribution in [3.63, 3.8) is 0 Å². The molecule has 19 heavy (non-hydrogen) atoms. The molecule has 0 bridgehead atoms. The van der Waals surface area contributed by atoms with Gasteiger partial charge in [-0.2, -0.15) is 0 Å². The number of rotatable bonds is 5. The quantitative estimate of drug-likeness (QED) is 0.812. The van der Waals surface area contributed by atoms with E-state index in [1.54, 1.807) is 36.2 Å². The lowest BCUT2D eigenvalue weighted by Crippen LogP contribution is -2.41. The van der Waals surface area contributed by atoms with E-state index in [2.05, 4.69) is 0 Å². The zero-order valence-corrected chi connectivity index (χ0v) is 11.7. The predicted octanol–water partition coefficient (Wildman–Crippen LogP) is 1.21. The molecule has 0 aliphatic carbocycles. The van der Waals surface area contributed by atoms with Gasteiger partial charge in [-0.1, -0.05) is 12.1 Å². The zero-order valence-electron chi connectivity index (χ0n) is 11.7. The molecule has 104 valence electrons. The van der Waals surface area contributed by atoms with Gasteiger partial charge in [-0.15, -0.1) is 0 Å².